The van der Waals surface area contributed by atoms with Crippen molar-refractivity contribution in [3.63, 3.8) is 0 Å². The topological polar surface area (TPSA) is 28.2 Å². The Balaban J connectivity index is 2.11. The number of halogens is 1. The normalized spacial score (nSPS) is 10.7. The molecule has 102 valence electrons. The molecule has 0 spiro atoms. The van der Waals surface area contributed by atoms with E-state index in [9.17, 15) is 0 Å². The summed E-state index contributed by atoms with van der Waals surface area (Å²) in [5.41, 5.74) is 2.40. The van der Waals surface area contributed by atoms with Gasteiger partial charge in [0.2, 0.25) is 0 Å². The van der Waals surface area contributed by atoms with E-state index in [0.717, 1.165) is 28.4 Å². The van der Waals surface area contributed by atoms with Gasteiger partial charge in [0.05, 0.1) is 5.69 Å². The van der Waals surface area contributed by atoms with Crippen molar-refractivity contribution in [2.45, 2.75) is 20.0 Å². The minimum absolute atomic E-state index is 0.866. The first-order valence-corrected chi connectivity index (χ1v) is 7.77. The molecule has 1 heterocycles. The average Bonchev–Trinajstić information content (AvgIpc) is 2.72. The van der Waals surface area contributed by atoms with Crippen LogP contribution in [0.2, 0.25) is 0 Å². The molecule has 0 aliphatic rings. The highest BCUT2D eigenvalue weighted by Gasteiger charge is 2.11. The van der Waals surface area contributed by atoms with Gasteiger partial charge in [-0.25, -0.2) is 4.98 Å². The van der Waals surface area contributed by atoms with E-state index in [1.165, 1.54) is 10.4 Å². The van der Waals surface area contributed by atoms with Crippen molar-refractivity contribution in [3.8, 4) is 0 Å². The molecular weight excluding hydrogens is 322 g/mol. The van der Waals surface area contributed by atoms with Gasteiger partial charge in [-0.3, -0.25) is 0 Å². The summed E-state index contributed by atoms with van der Waals surface area (Å²) < 4.78 is 1.12. The van der Waals surface area contributed by atoms with Gasteiger partial charge < -0.3 is 10.2 Å². The number of hydrogen-bond acceptors (Lipinski definition) is 4. The molecule has 1 N–H and O–H groups in total. The second-order valence-corrected chi connectivity index (χ2v) is 6.50. The van der Waals surface area contributed by atoms with Gasteiger partial charge in [-0.1, -0.05) is 28.1 Å². The molecule has 0 saturated heterocycles. The number of anilines is 1. The van der Waals surface area contributed by atoms with Crippen LogP contribution in [0.3, 0.4) is 0 Å². The largest absolute Gasteiger partial charge is 0.347 e. The molecule has 1 aromatic heterocycles. The van der Waals surface area contributed by atoms with E-state index in [1.807, 2.05) is 13.1 Å². The van der Waals surface area contributed by atoms with Crippen molar-refractivity contribution in [1.82, 2.24) is 10.3 Å². The Labute approximate surface area is 126 Å². The van der Waals surface area contributed by atoms with Crippen LogP contribution in [-0.2, 0) is 13.1 Å². The molecule has 0 unspecified atom stereocenters. The molecule has 0 fully saturated rings. The molecular formula is C14H18BrN3S. The molecule has 0 amide bonds. The monoisotopic (exact) mass is 339 g/mol. The third kappa shape index (κ3) is 3.78. The van der Waals surface area contributed by atoms with Crippen LogP contribution >= 0.6 is 27.3 Å². The Morgan fingerprint density at radius 3 is 2.89 bits per heavy atom. The fraction of sp³-hybridized carbons (Fsp3) is 0.357. The van der Waals surface area contributed by atoms with Crippen molar-refractivity contribution >= 4 is 32.4 Å². The van der Waals surface area contributed by atoms with Gasteiger partial charge in [-0.15, -0.1) is 11.3 Å². The second kappa shape index (κ2) is 6.50. The highest BCUT2D eigenvalue weighted by Crippen LogP contribution is 2.26. The van der Waals surface area contributed by atoms with Crippen LogP contribution in [0.1, 0.15) is 16.1 Å². The predicted octanol–water partition coefficient (Wildman–Crippen LogP) is 3.57. The van der Waals surface area contributed by atoms with Gasteiger partial charge in [-0.2, -0.15) is 0 Å². The molecule has 0 bridgehead atoms. The first-order chi connectivity index (χ1) is 9.10. The van der Waals surface area contributed by atoms with E-state index in [4.69, 9.17) is 0 Å². The van der Waals surface area contributed by atoms with Crippen molar-refractivity contribution in [2.24, 2.45) is 0 Å². The van der Waals surface area contributed by atoms with E-state index >= 15 is 0 Å². The first-order valence-electron chi connectivity index (χ1n) is 6.16. The maximum atomic E-state index is 4.64. The molecule has 5 heteroatoms. The van der Waals surface area contributed by atoms with Gasteiger partial charge in [0.1, 0.15) is 0 Å². The predicted molar refractivity (Wildman–Crippen MR) is 85.9 cm³/mol. The number of nitrogens with one attached hydrogen (secondary N) is 1. The maximum Gasteiger partial charge on any atom is 0.185 e. The third-order valence-corrected chi connectivity index (χ3v) is 4.62. The highest BCUT2D eigenvalue weighted by atomic mass is 79.9. The lowest BCUT2D eigenvalue weighted by molar-refractivity contribution is 0.822. The van der Waals surface area contributed by atoms with Crippen LogP contribution in [0, 0.1) is 6.92 Å². The van der Waals surface area contributed by atoms with Gasteiger partial charge in [0.25, 0.3) is 0 Å². The smallest absolute Gasteiger partial charge is 0.185 e. The molecule has 2 rings (SSSR count). The zero-order valence-electron chi connectivity index (χ0n) is 11.4. The molecule has 2 aromatic rings. The molecule has 19 heavy (non-hydrogen) atoms. The van der Waals surface area contributed by atoms with Crippen LogP contribution in [0.15, 0.2) is 28.7 Å². The quantitative estimate of drug-likeness (QED) is 0.902. The third-order valence-electron chi connectivity index (χ3n) is 2.85. The number of aryl methyl sites for hydroxylation is 1. The summed E-state index contributed by atoms with van der Waals surface area (Å²) in [7, 11) is 4.05. The Morgan fingerprint density at radius 1 is 1.42 bits per heavy atom. The van der Waals surface area contributed by atoms with Gasteiger partial charge in [0.15, 0.2) is 5.13 Å². The summed E-state index contributed by atoms with van der Waals surface area (Å²) in [4.78, 5) is 8.14. The lowest BCUT2D eigenvalue weighted by atomic mass is 10.2. The molecule has 0 radical (unpaired) electrons. The summed E-state index contributed by atoms with van der Waals surface area (Å²) in [5.74, 6) is 0. The Bertz CT molecular complexity index is 553. The van der Waals surface area contributed by atoms with Crippen LogP contribution in [0.5, 0.6) is 0 Å². The standard InChI is InChI=1S/C14H18BrN3S/c1-10-13(8-16-2)19-14(17-10)18(3)9-11-5-4-6-12(15)7-11/h4-7,16H,8-9H2,1-3H3. The Kier molecular flexibility index (Phi) is 4.96. The van der Waals surface area contributed by atoms with Gasteiger partial charge in [0, 0.05) is 29.5 Å². The fourth-order valence-electron chi connectivity index (χ4n) is 1.88. The SMILES string of the molecule is CNCc1sc(N(C)Cc2cccc(Br)c2)nc1C. The molecule has 0 aliphatic carbocycles. The number of nitrogens with zero attached hydrogens (tertiary/aromatic N) is 2. The second-order valence-electron chi connectivity index (χ2n) is 4.52. The Morgan fingerprint density at radius 2 is 2.21 bits per heavy atom. The minimum atomic E-state index is 0.866. The first kappa shape index (κ1) is 14.5. The van der Waals surface area contributed by atoms with E-state index in [0.29, 0.717) is 0 Å². The van der Waals surface area contributed by atoms with Crippen LogP contribution in [-0.4, -0.2) is 19.1 Å². The minimum Gasteiger partial charge on any atom is -0.347 e. The summed E-state index contributed by atoms with van der Waals surface area (Å²) >= 11 is 5.26. The highest BCUT2D eigenvalue weighted by molar-refractivity contribution is 9.10. The summed E-state index contributed by atoms with van der Waals surface area (Å²) in [6, 6.07) is 8.39. The van der Waals surface area contributed by atoms with Gasteiger partial charge in [-0.05, 0) is 31.7 Å². The van der Waals surface area contributed by atoms with Crippen molar-refractivity contribution < 1.29 is 0 Å². The lowest BCUT2D eigenvalue weighted by Gasteiger charge is -2.15. The van der Waals surface area contributed by atoms with Crippen molar-refractivity contribution in [3.05, 3.63) is 44.9 Å². The van der Waals surface area contributed by atoms with Crippen molar-refractivity contribution in [1.29, 1.82) is 0 Å². The van der Waals surface area contributed by atoms with Crippen molar-refractivity contribution in [2.75, 3.05) is 19.0 Å². The van der Waals surface area contributed by atoms with Crippen LogP contribution < -0.4 is 10.2 Å². The lowest BCUT2D eigenvalue weighted by Crippen LogP contribution is -2.16. The zero-order chi connectivity index (χ0) is 13.8. The number of rotatable bonds is 5. The van der Waals surface area contributed by atoms with E-state index in [-0.39, 0.29) is 0 Å². The Hall–Kier alpha value is -0.910. The number of thiazole rings is 1. The molecule has 0 atom stereocenters. The molecule has 0 aliphatic heterocycles. The average molecular weight is 340 g/mol. The summed E-state index contributed by atoms with van der Waals surface area (Å²) in [6.07, 6.45) is 0. The zero-order valence-corrected chi connectivity index (χ0v) is 13.8. The summed E-state index contributed by atoms with van der Waals surface area (Å²) in [6.45, 7) is 3.82. The van der Waals surface area contributed by atoms with Crippen LogP contribution in [0.25, 0.3) is 0 Å². The summed E-state index contributed by atoms with van der Waals surface area (Å²) in [5, 5.41) is 4.25. The van der Waals surface area contributed by atoms with E-state index < -0.39 is 0 Å². The number of benzene rings is 1. The van der Waals surface area contributed by atoms with Gasteiger partial charge >= 0.3 is 0 Å². The molecule has 1 aromatic carbocycles. The molecule has 0 saturated carbocycles. The van der Waals surface area contributed by atoms with Crippen LogP contribution in [0.4, 0.5) is 5.13 Å². The number of hydrogen-bond donors (Lipinski definition) is 1. The van der Waals surface area contributed by atoms with E-state index in [1.54, 1.807) is 11.3 Å². The molecule has 3 nitrogen and oxygen atoms in total. The fourth-order valence-corrected chi connectivity index (χ4v) is 3.36. The maximum absolute atomic E-state index is 4.64. The number of aromatic nitrogens is 1. The van der Waals surface area contributed by atoms with E-state index in [2.05, 4.69) is 63.3 Å².